The first-order valence-electron chi connectivity index (χ1n) is 6.89. The van der Waals surface area contributed by atoms with Crippen molar-refractivity contribution in [1.82, 2.24) is 0 Å². The van der Waals surface area contributed by atoms with Gasteiger partial charge < -0.3 is 9.22 Å². The maximum atomic E-state index is 11.2. The van der Waals surface area contributed by atoms with E-state index in [1.54, 1.807) is 0 Å². The molecular formula is C17H22O2Si. The minimum atomic E-state index is -3.01. The van der Waals surface area contributed by atoms with Crippen molar-refractivity contribution in [2.45, 2.75) is 32.4 Å². The monoisotopic (exact) mass is 286 g/mol. The summed E-state index contributed by atoms with van der Waals surface area (Å²) in [4.78, 5) is 11.2. The van der Waals surface area contributed by atoms with Crippen molar-refractivity contribution in [3.05, 3.63) is 66.2 Å². The van der Waals surface area contributed by atoms with E-state index in [9.17, 15) is 4.80 Å². The summed E-state index contributed by atoms with van der Waals surface area (Å²) in [6.07, 6.45) is 0. The van der Waals surface area contributed by atoms with Gasteiger partial charge in [0.05, 0.1) is 6.61 Å². The predicted molar refractivity (Wildman–Crippen MR) is 85.0 cm³/mol. The van der Waals surface area contributed by atoms with Crippen LogP contribution in [0.3, 0.4) is 0 Å². The van der Waals surface area contributed by atoms with Crippen molar-refractivity contribution >= 4 is 13.7 Å². The standard InChI is InChI=1S/C17H22O2Si/c1-17(2,3)20(18,16-12-8-5-9-13-16)19-14-15-10-6-4-7-11-15/h4-13,18H,14H2,1-3H3/t20-/m1/s1. The number of rotatable bonds is 4. The fourth-order valence-electron chi connectivity index (χ4n) is 2.16. The molecular weight excluding hydrogens is 264 g/mol. The average Bonchev–Trinajstić information content (AvgIpc) is 2.45. The van der Waals surface area contributed by atoms with Gasteiger partial charge in [0.25, 0.3) is 0 Å². The highest BCUT2D eigenvalue weighted by Crippen LogP contribution is 2.35. The van der Waals surface area contributed by atoms with Gasteiger partial charge in [0.1, 0.15) is 0 Å². The number of hydrogen-bond acceptors (Lipinski definition) is 2. The Labute approximate surface area is 122 Å². The molecule has 1 atom stereocenters. The van der Waals surface area contributed by atoms with Crippen LogP contribution in [-0.2, 0) is 11.0 Å². The van der Waals surface area contributed by atoms with Gasteiger partial charge in [-0.25, -0.2) is 0 Å². The molecule has 0 heterocycles. The first-order chi connectivity index (χ1) is 9.43. The van der Waals surface area contributed by atoms with Crippen LogP contribution in [0.15, 0.2) is 60.7 Å². The second-order valence-corrected chi connectivity index (χ2v) is 9.69. The van der Waals surface area contributed by atoms with E-state index in [0.717, 1.165) is 10.8 Å². The third-order valence-corrected chi connectivity index (χ3v) is 7.18. The summed E-state index contributed by atoms with van der Waals surface area (Å²) in [6, 6.07) is 19.8. The van der Waals surface area contributed by atoms with Gasteiger partial charge in [-0.05, 0) is 10.8 Å². The lowest BCUT2D eigenvalue weighted by Crippen LogP contribution is -2.58. The molecule has 0 radical (unpaired) electrons. The van der Waals surface area contributed by atoms with E-state index in [1.807, 2.05) is 81.4 Å². The molecule has 106 valence electrons. The Morgan fingerprint density at radius 1 is 0.900 bits per heavy atom. The Kier molecular flexibility index (Phi) is 4.43. The summed E-state index contributed by atoms with van der Waals surface area (Å²) in [7, 11) is -3.01. The third-order valence-electron chi connectivity index (χ3n) is 3.47. The van der Waals surface area contributed by atoms with Crippen molar-refractivity contribution in [2.24, 2.45) is 0 Å². The molecule has 0 bridgehead atoms. The molecule has 0 aromatic heterocycles. The van der Waals surface area contributed by atoms with Crippen molar-refractivity contribution < 1.29 is 9.22 Å². The zero-order valence-electron chi connectivity index (χ0n) is 12.3. The van der Waals surface area contributed by atoms with Gasteiger partial charge in [-0.3, -0.25) is 0 Å². The van der Waals surface area contributed by atoms with E-state index in [4.69, 9.17) is 4.43 Å². The van der Waals surface area contributed by atoms with Crippen LogP contribution in [0.1, 0.15) is 26.3 Å². The van der Waals surface area contributed by atoms with Crippen molar-refractivity contribution in [3.8, 4) is 0 Å². The Balaban J connectivity index is 2.25. The van der Waals surface area contributed by atoms with E-state index in [2.05, 4.69) is 0 Å². The predicted octanol–water partition coefficient (Wildman–Crippen LogP) is 3.35. The summed E-state index contributed by atoms with van der Waals surface area (Å²) in [5.41, 5.74) is 1.08. The van der Waals surface area contributed by atoms with Crippen LogP contribution in [0.5, 0.6) is 0 Å². The van der Waals surface area contributed by atoms with Gasteiger partial charge in [-0.15, -0.1) is 0 Å². The van der Waals surface area contributed by atoms with Crippen molar-refractivity contribution in [1.29, 1.82) is 0 Å². The molecule has 0 aliphatic carbocycles. The Morgan fingerprint density at radius 3 is 1.90 bits per heavy atom. The minimum absolute atomic E-state index is 0.289. The highest BCUT2D eigenvalue weighted by molar-refractivity contribution is 6.82. The lowest BCUT2D eigenvalue weighted by atomic mass is 10.2. The first kappa shape index (κ1) is 15.0. The molecule has 0 saturated carbocycles. The van der Waals surface area contributed by atoms with Gasteiger partial charge >= 0.3 is 8.56 Å². The topological polar surface area (TPSA) is 29.5 Å². The maximum Gasteiger partial charge on any atom is 0.375 e. The average molecular weight is 286 g/mol. The van der Waals surface area contributed by atoms with Crippen molar-refractivity contribution in [2.75, 3.05) is 0 Å². The molecule has 0 unspecified atom stereocenters. The summed E-state index contributed by atoms with van der Waals surface area (Å²) < 4.78 is 6.06. The third kappa shape index (κ3) is 3.18. The molecule has 2 rings (SSSR count). The zero-order valence-corrected chi connectivity index (χ0v) is 13.3. The summed E-state index contributed by atoms with van der Waals surface area (Å²) >= 11 is 0. The lowest BCUT2D eigenvalue weighted by molar-refractivity contribution is 0.208. The molecule has 0 spiro atoms. The van der Waals surface area contributed by atoms with Crippen LogP contribution in [-0.4, -0.2) is 13.4 Å². The van der Waals surface area contributed by atoms with Crippen LogP contribution in [0.25, 0.3) is 0 Å². The van der Waals surface area contributed by atoms with E-state index >= 15 is 0 Å². The first-order valence-corrected chi connectivity index (χ1v) is 8.75. The van der Waals surface area contributed by atoms with E-state index < -0.39 is 8.56 Å². The SMILES string of the molecule is CC(C)(C)[Si@](O)(OCc1ccccc1)c1ccccc1. The normalized spacial score (nSPS) is 14.8. The van der Waals surface area contributed by atoms with Gasteiger partial charge in [0.2, 0.25) is 0 Å². The van der Waals surface area contributed by atoms with Crippen LogP contribution in [0, 0.1) is 0 Å². The molecule has 2 nitrogen and oxygen atoms in total. The zero-order chi connectivity index (χ0) is 14.6. The number of benzene rings is 2. The fourth-order valence-corrected chi connectivity index (χ4v) is 4.64. The number of hydrogen-bond donors (Lipinski definition) is 1. The Hall–Kier alpha value is -1.42. The Morgan fingerprint density at radius 2 is 1.40 bits per heavy atom. The largest absolute Gasteiger partial charge is 0.407 e. The molecule has 0 amide bonds. The van der Waals surface area contributed by atoms with E-state index in [-0.39, 0.29) is 5.04 Å². The molecule has 2 aromatic rings. The second-order valence-electron chi connectivity index (χ2n) is 6.03. The van der Waals surface area contributed by atoms with Crippen LogP contribution < -0.4 is 5.19 Å². The molecule has 0 aliphatic heterocycles. The second kappa shape index (κ2) is 5.91. The van der Waals surface area contributed by atoms with Gasteiger partial charge in [-0.1, -0.05) is 81.4 Å². The highest BCUT2D eigenvalue weighted by atomic mass is 28.4. The summed E-state index contributed by atoms with van der Waals surface area (Å²) in [5.74, 6) is 0. The molecule has 0 aliphatic rings. The molecule has 3 heteroatoms. The molecule has 2 aromatic carbocycles. The van der Waals surface area contributed by atoms with Gasteiger partial charge in [-0.2, -0.15) is 0 Å². The van der Waals surface area contributed by atoms with Crippen LogP contribution in [0.2, 0.25) is 5.04 Å². The smallest absolute Gasteiger partial charge is 0.375 e. The highest BCUT2D eigenvalue weighted by Gasteiger charge is 2.48. The quantitative estimate of drug-likeness (QED) is 0.874. The lowest BCUT2D eigenvalue weighted by Gasteiger charge is -2.36. The fraction of sp³-hybridized carbons (Fsp3) is 0.294. The molecule has 0 fully saturated rings. The summed E-state index contributed by atoms with van der Waals surface area (Å²) in [6.45, 7) is 6.56. The van der Waals surface area contributed by atoms with Crippen molar-refractivity contribution in [3.63, 3.8) is 0 Å². The summed E-state index contributed by atoms with van der Waals surface area (Å²) in [5, 5.41) is 0.631. The van der Waals surface area contributed by atoms with E-state index in [1.165, 1.54) is 0 Å². The van der Waals surface area contributed by atoms with E-state index in [0.29, 0.717) is 6.61 Å². The van der Waals surface area contributed by atoms with Crippen LogP contribution >= 0.6 is 0 Å². The van der Waals surface area contributed by atoms with Gasteiger partial charge in [0.15, 0.2) is 0 Å². The molecule has 0 saturated heterocycles. The minimum Gasteiger partial charge on any atom is -0.407 e. The maximum absolute atomic E-state index is 11.2. The Bertz CT molecular complexity index is 534. The molecule has 20 heavy (non-hydrogen) atoms. The van der Waals surface area contributed by atoms with Gasteiger partial charge in [0, 0.05) is 5.04 Å². The van der Waals surface area contributed by atoms with Crippen LogP contribution in [0.4, 0.5) is 0 Å². The molecule has 1 N–H and O–H groups in total.